The standard InChI is InChI=1S/C16H18FN3O2S/c1-11-8-20(6-7-22-11)9-15(21)19-16-18-14(10-23-16)12-2-4-13(17)5-3-12/h2-5,10-11H,6-9H2,1H3,(H,18,19,21)/t11-/m0/s1. The summed E-state index contributed by atoms with van der Waals surface area (Å²) in [6.07, 6.45) is 0.154. The van der Waals surface area contributed by atoms with Crippen molar-refractivity contribution in [1.82, 2.24) is 9.88 Å². The third-order valence-corrected chi connectivity index (χ3v) is 4.34. The van der Waals surface area contributed by atoms with Crippen LogP contribution < -0.4 is 5.32 Å². The van der Waals surface area contributed by atoms with E-state index in [0.717, 1.165) is 24.3 Å². The molecule has 1 aliphatic heterocycles. The molecule has 0 radical (unpaired) electrons. The van der Waals surface area contributed by atoms with Crippen LogP contribution in [0, 0.1) is 5.82 Å². The number of thiazole rings is 1. The number of halogens is 1. The van der Waals surface area contributed by atoms with Gasteiger partial charge in [-0.3, -0.25) is 9.69 Å². The van der Waals surface area contributed by atoms with Gasteiger partial charge in [0.1, 0.15) is 5.82 Å². The van der Waals surface area contributed by atoms with Crippen LogP contribution in [0.2, 0.25) is 0 Å². The first-order valence-corrected chi connectivity index (χ1v) is 8.33. The van der Waals surface area contributed by atoms with Gasteiger partial charge in [0.05, 0.1) is 24.9 Å². The van der Waals surface area contributed by atoms with Crippen molar-refractivity contribution in [2.75, 3.05) is 31.6 Å². The Balaban J connectivity index is 1.58. The molecule has 2 aromatic rings. The predicted octanol–water partition coefficient (Wildman–Crippen LogP) is 2.61. The van der Waals surface area contributed by atoms with Crippen molar-refractivity contribution < 1.29 is 13.9 Å². The number of benzene rings is 1. The van der Waals surface area contributed by atoms with E-state index in [1.807, 2.05) is 12.3 Å². The topological polar surface area (TPSA) is 54.5 Å². The Bertz CT molecular complexity index is 674. The van der Waals surface area contributed by atoms with E-state index in [0.29, 0.717) is 18.3 Å². The van der Waals surface area contributed by atoms with E-state index in [-0.39, 0.29) is 17.8 Å². The van der Waals surface area contributed by atoms with Crippen LogP contribution in [0.15, 0.2) is 29.6 Å². The predicted molar refractivity (Wildman–Crippen MR) is 88.0 cm³/mol. The SMILES string of the molecule is C[C@H]1CN(CC(=O)Nc2nc(-c3ccc(F)cc3)cs2)CCO1. The number of nitrogens with zero attached hydrogens (tertiary/aromatic N) is 2. The molecular formula is C16H18FN3O2S. The molecule has 2 heterocycles. The third-order valence-electron chi connectivity index (χ3n) is 3.58. The molecule has 1 fully saturated rings. The molecule has 23 heavy (non-hydrogen) atoms. The number of rotatable bonds is 4. The second-order valence-electron chi connectivity index (χ2n) is 5.51. The largest absolute Gasteiger partial charge is 0.376 e. The Morgan fingerprint density at radius 3 is 3.00 bits per heavy atom. The number of carbonyl (C=O) groups excluding carboxylic acids is 1. The van der Waals surface area contributed by atoms with Crippen LogP contribution in [0.3, 0.4) is 0 Å². The number of aromatic nitrogens is 1. The van der Waals surface area contributed by atoms with Crippen LogP contribution in [0.25, 0.3) is 11.3 Å². The maximum Gasteiger partial charge on any atom is 0.240 e. The fourth-order valence-electron chi connectivity index (χ4n) is 2.48. The quantitative estimate of drug-likeness (QED) is 0.933. The van der Waals surface area contributed by atoms with Crippen molar-refractivity contribution in [2.24, 2.45) is 0 Å². The maximum atomic E-state index is 12.9. The van der Waals surface area contributed by atoms with Crippen LogP contribution in [0.1, 0.15) is 6.92 Å². The summed E-state index contributed by atoms with van der Waals surface area (Å²) in [6.45, 7) is 4.50. The van der Waals surface area contributed by atoms with E-state index < -0.39 is 0 Å². The molecule has 0 aliphatic carbocycles. The van der Waals surface area contributed by atoms with E-state index >= 15 is 0 Å². The Kier molecular flexibility index (Phi) is 5.00. The van der Waals surface area contributed by atoms with Gasteiger partial charge in [-0.2, -0.15) is 0 Å². The molecule has 1 aromatic heterocycles. The molecule has 7 heteroatoms. The summed E-state index contributed by atoms with van der Waals surface area (Å²) >= 11 is 1.36. The number of carbonyl (C=O) groups is 1. The average molecular weight is 335 g/mol. The number of nitrogens with one attached hydrogen (secondary N) is 1. The van der Waals surface area contributed by atoms with Gasteiger partial charge in [0.15, 0.2) is 5.13 Å². The van der Waals surface area contributed by atoms with Crippen molar-refractivity contribution in [3.05, 3.63) is 35.5 Å². The highest BCUT2D eigenvalue weighted by Crippen LogP contribution is 2.25. The molecule has 3 rings (SSSR count). The minimum absolute atomic E-state index is 0.0842. The molecule has 1 amide bonds. The molecule has 0 spiro atoms. The van der Waals surface area contributed by atoms with Crippen LogP contribution in [0.4, 0.5) is 9.52 Å². The van der Waals surface area contributed by atoms with Gasteiger partial charge < -0.3 is 10.1 Å². The number of morpholine rings is 1. The number of hydrogen-bond acceptors (Lipinski definition) is 5. The summed E-state index contributed by atoms with van der Waals surface area (Å²) in [6, 6.07) is 6.13. The zero-order chi connectivity index (χ0) is 16.2. The summed E-state index contributed by atoms with van der Waals surface area (Å²) in [5.74, 6) is -0.364. The van der Waals surface area contributed by atoms with E-state index in [9.17, 15) is 9.18 Å². The normalized spacial score (nSPS) is 18.8. The summed E-state index contributed by atoms with van der Waals surface area (Å²) in [5.41, 5.74) is 1.55. The van der Waals surface area contributed by atoms with Crippen LogP contribution in [0.5, 0.6) is 0 Å². The van der Waals surface area contributed by atoms with Crippen molar-refractivity contribution in [2.45, 2.75) is 13.0 Å². The van der Waals surface area contributed by atoms with Gasteiger partial charge in [-0.05, 0) is 31.2 Å². The number of anilines is 1. The van der Waals surface area contributed by atoms with Crippen molar-refractivity contribution in [3.8, 4) is 11.3 Å². The van der Waals surface area contributed by atoms with Crippen LogP contribution in [-0.2, 0) is 9.53 Å². The van der Waals surface area contributed by atoms with Gasteiger partial charge in [0.25, 0.3) is 0 Å². The number of amides is 1. The van der Waals surface area contributed by atoms with E-state index in [4.69, 9.17) is 4.74 Å². The second-order valence-corrected chi connectivity index (χ2v) is 6.37. The van der Waals surface area contributed by atoms with Gasteiger partial charge in [-0.1, -0.05) is 0 Å². The lowest BCUT2D eigenvalue weighted by molar-refractivity contribution is -0.119. The Hall–Kier alpha value is -1.83. The lowest BCUT2D eigenvalue weighted by atomic mass is 10.2. The zero-order valence-electron chi connectivity index (χ0n) is 12.8. The first-order valence-electron chi connectivity index (χ1n) is 7.45. The fraction of sp³-hybridized carbons (Fsp3) is 0.375. The number of ether oxygens (including phenoxy) is 1. The minimum Gasteiger partial charge on any atom is -0.376 e. The van der Waals surface area contributed by atoms with E-state index in [2.05, 4.69) is 15.2 Å². The molecule has 0 bridgehead atoms. The molecule has 1 aromatic carbocycles. The van der Waals surface area contributed by atoms with Gasteiger partial charge in [0.2, 0.25) is 5.91 Å². The Morgan fingerprint density at radius 2 is 2.26 bits per heavy atom. The highest BCUT2D eigenvalue weighted by molar-refractivity contribution is 7.14. The monoisotopic (exact) mass is 335 g/mol. The molecule has 1 aliphatic rings. The Labute approximate surface area is 138 Å². The molecule has 122 valence electrons. The zero-order valence-corrected chi connectivity index (χ0v) is 13.6. The first kappa shape index (κ1) is 16.0. The highest BCUT2D eigenvalue weighted by atomic mass is 32.1. The molecule has 0 saturated carbocycles. The lowest BCUT2D eigenvalue weighted by Gasteiger charge is -2.30. The van der Waals surface area contributed by atoms with Crippen molar-refractivity contribution >= 4 is 22.4 Å². The Morgan fingerprint density at radius 1 is 1.48 bits per heavy atom. The number of hydrogen-bond donors (Lipinski definition) is 1. The van der Waals surface area contributed by atoms with Crippen LogP contribution >= 0.6 is 11.3 Å². The molecule has 1 N–H and O–H groups in total. The molecule has 1 atom stereocenters. The minimum atomic E-state index is -0.280. The molecule has 0 unspecified atom stereocenters. The summed E-state index contributed by atoms with van der Waals surface area (Å²) in [7, 11) is 0. The van der Waals surface area contributed by atoms with Gasteiger partial charge in [0, 0.05) is 24.0 Å². The highest BCUT2D eigenvalue weighted by Gasteiger charge is 2.19. The third kappa shape index (κ3) is 4.34. The van der Waals surface area contributed by atoms with Crippen molar-refractivity contribution in [3.63, 3.8) is 0 Å². The van der Waals surface area contributed by atoms with Gasteiger partial charge in [-0.25, -0.2) is 9.37 Å². The smallest absolute Gasteiger partial charge is 0.240 e. The second kappa shape index (κ2) is 7.16. The fourth-order valence-corrected chi connectivity index (χ4v) is 3.22. The average Bonchev–Trinajstić information content (AvgIpc) is 2.96. The molecule has 5 nitrogen and oxygen atoms in total. The summed E-state index contributed by atoms with van der Waals surface area (Å²) in [5, 5.41) is 5.22. The van der Waals surface area contributed by atoms with E-state index in [1.165, 1.54) is 23.5 Å². The lowest BCUT2D eigenvalue weighted by Crippen LogP contribution is -2.44. The summed E-state index contributed by atoms with van der Waals surface area (Å²) < 4.78 is 18.4. The molecule has 1 saturated heterocycles. The van der Waals surface area contributed by atoms with Gasteiger partial charge in [-0.15, -0.1) is 11.3 Å². The van der Waals surface area contributed by atoms with Crippen molar-refractivity contribution in [1.29, 1.82) is 0 Å². The first-order chi connectivity index (χ1) is 11.1. The molecular weight excluding hydrogens is 317 g/mol. The summed E-state index contributed by atoms with van der Waals surface area (Å²) in [4.78, 5) is 18.5. The van der Waals surface area contributed by atoms with Gasteiger partial charge >= 0.3 is 0 Å². The van der Waals surface area contributed by atoms with E-state index in [1.54, 1.807) is 12.1 Å². The van der Waals surface area contributed by atoms with Crippen LogP contribution in [-0.4, -0.2) is 48.1 Å². The maximum absolute atomic E-state index is 12.9.